The zero-order chi connectivity index (χ0) is 19.2. The molecule has 1 aliphatic heterocycles. The quantitative estimate of drug-likeness (QED) is 0.739. The van der Waals surface area contributed by atoms with Crippen LogP contribution >= 0.6 is 0 Å². The second-order valence-corrected chi connectivity index (χ2v) is 6.76. The number of hydrogen-bond donors (Lipinski definition) is 0. The molecule has 0 spiro atoms. The van der Waals surface area contributed by atoms with Crippen molar-refractivity contribution >= 4 is 5.91 Å². The first-order valence-corrected chi connectivity index (χ1v) is 9.29. The number of hydrogen-bond acceptors (Lipinski definition) is 5. The molecule has 27 heavy (non-hydrogen) atoms. The summed E-state index contributed by atoms with van der Waals surface area (Å²) in [5.74, 6) is 2.53. The maximum Gasteiger partial charge on any atom is 0.227 e. The monoisotopic (exact) mass is 372 g/mol. The summed E-state index contributed by atoms with van der Waals surface area (Å²) in [6.45, 7) is 7.30. The Labute approximate surface area is 160 Å². The Morgan fingerprint density at radius 1 is 1.07 bits per heavy atom. The summed E-state index contributed by atoms with van der Waals surface area (Å²) >= 11 is 0. The number of carbonyl (C=O) groups is 1. The molecule has 0 aliphatic carbocycles. The van der Waals surface area contributed by atoms with Crippen molar-refractivity contribution in [3.63, 3.8) is 0 Å². The molecule has 0 atom stereocenters. The fraction of sp³-hybridized carbons (Fsp3) is 0.500. The number of rotatable bonds is 7. The lowest BCUT2D eigenvalue weighted by molar-refractivity contribution is -0.132. The van der Waals surface area contributed by atoms with E-state index in [2.05, 4.69) is 14.5 Å². The molecule has 0 saturated carbocycles. The first kappa shape index (κ1) is 19.2. The van der Waals surface area contributed by atoms with Crippen LogP contribution in [0.15, 0.2) is 30.6 Å². The minimum absolute atomic E-state index is 0.160. The van der Waals surface area contributed by atoms with Gasteiger partial charge >= 0.3 is 0 Å². The minimum atomic E-state index is 0.160. The molecule has 1 fully saturated rings. The van der Waals surface area contributed by atoms with Gasteiger partial charge in [0.1, 0.15) is 5.82 Å². The highest BCUT2D eigenvalue weighted by Gasteiger charge is 2.21. The van der Waals surface area contributed by atoms with E-state index in [1.807, 2.05) is 42.4 Å². The van der Waals surface area contributed by atoms with Gasteiger partial charge in [-0.2, -0.15) is 0 Å². The van der Waals surface area contributed by atoms with Crippen molar-refractivity contribution in [1.29, 1.82) is 0 Å². The van der Waals surface area contributed by atoms with E-state index in [-0.39, 0.29) is 5.91 Å². The van der Waals surface area contributed by atoms with Crippen LogP contribution in [-0.4, -0.2) is 72.2 Å². The van der Waals surface area contributed by atoms with Crippen LogP contribution in [-0.2, 0) is 17.8 Å². The van der Waals surface area contributed by atoms with Gasteiger partial charge in [0.2, 0.25) is 5.91 Å². The molecule has 1 saturated heterocycles. The Morgan fingerprint density at radius 3 is 2.44 bits per heavy atom. The number of benzene rings is 1. The van der Waals surface area contributed by atoms with E-state index in [9.17, 15) is 4.79 Å². The molecule has 1 aromatic heterocycles. The first-order chi connectivity index (χ1) is 13.1. The summed E-state index contributed by atoms with van der Waals surface area (Å²) in [7, 11) is 3.21. The SMILES string of the molecule is COc1ccc(CC(=O)N2CCN(CCn3ccnc3C)CC2)cc1OC. The summed E-state index contributed by atoms with van der Waals surface area (Å²) < 4.78 is 12.7. The lowest BCUT2D eigenvalue weighted by Crippen LogP contribution is -2.49. The molecule has 0 radical (unpaired) electrons. The van der Waals surface area contributed by atoms with Gasteiger partial charge < -0.3 is 18.9 Å². The zero-order valence-corrected chi connectivity index (χ0v) is 16.4. The fourth-order valence-electron chi connectivity index (χ4n) is 3.39. The topological polar surface area (TPSA) is 59.8 Å². The summed E-state index contributed by atoms with van der Waals surface area (Å²) in [4.78, 5) is 21.3. The number of methoxy groups -OCH3 is 2. The van der Waals surface area contributed by atoms with Crippen molar-refractivity contribution in [2.45, 2.75) is 19.9 Å². The van der Waals surface area contributed by atoms with E-state index < -0.39 is 0 Å². The number of piperazine rings is 1. The van der Waals surface area contributed by atoms with Crippen molar-refractivity contribution in [2.24, 2.45) is 0 Å². The van der Waals surface area contributed by atoms with E-state index in [4.69, 9.17) is 9.47 Å². The Kier molecular flexibility index (Phi) is 6.34. The fourth-order valence-corrected chi connectivity index (χ4v) is 3.39. The molecule has 3 rings (SSSR count). The molecule has 0 unspecified atom stereocenters. The van der Waals surface area contributed by atoms with Crippen LogP contribution in [0.1, 0.15) is 11.4 Å². The number of aryl methyl sites for hydroxylation is 1. The molecule has 1 aromatic carbocycles. The Hall–Kier alpha value is -2.54. The summed E-state index contributed by atoms with van der Waals surface area (Å²) in [5.41, 5.74) is 0.940. The Morgan fingerprint density at radius 2 is 1.81 bits per heavy atom. The van der Waals surface area contributed by atoms with Crippen molar-refractivity contribution in [3.05, 3.63) is 42.0 Å². The third kappa shape index (κ3) is 4.80. The molecule has 2 aromatic rings. The van der Waals surface area contributed by atoms with Crippen LogP contribution in [0, 0.1) is 6.92 Å². The second kappa shape index (κ2) is 8.90. The van der Waals surface area contributed by atoms with Crippen molar-refractivity contribution < 1.29 is 14.3 Å². The largest absolute Gasteiger partial charge is 0.493 e. The van der Waals surface area contributed by atoms with Gasteiger partial charge in [-0.1, -0.05) is 6.07 Å². The average Bonchev–Trinajstić information content (AvgIpc) is 3.11. The highest BCUT2D eigenvalue weighted by Crippen LogP contribution is 2.27. The van der Waals surface area contributed by atoms with Crippen LogP contribution in [0.2, 0.25) is 0 Å². The van der Waals surface area contributed by atoms with Crippen molar-refractivity contribution in [3.8, 4) is 11.5 Å². The van der Waals surface area contributed by atoms with E-state index in [0.717, 1.165) is 50.7 Å². The lowest BCUT2D eigenvalue weighted by Gasteiger charge is -2.35. The predicted octanol–water partition coefficient (Wildman–Crippen LogP) is 1.60. The van der Waals surface area contributed by atoms with E-state index >= 15 is 0 Å². The number of carbonyl (C=O) groups excluding carboxylic acids is 1. The van der Waals surface area contributed by atoms with Crippen LogP contribution in [0.25, 0.3) is 0 Å². The molecule has 1 amide bonds. The van der Waals surface area contributed by atoms with Gasteiger partial charge in [0.05, 0.1) is 20.6 Å². The molecule has 0 bridgehead atoms. The molecule has 7 heteroatoms. The van der Waals surface area contributed by atoms with Crippen LogP contribution in [0.3, 0.4) is 0 Å². The highest BCUT2D eigenvalue weighted by atomic mass is 16.5. The highest BCUT2D eigenvalue weighted by molar-refractivity contribution is 5.79. The van der Waals surface area contributed by atoms with E-state index in [1.54, 1.807) is 14.2 Å². The smallest absolute Gasteiger partial charge is 0.227 e. The Balaban J connectivity index is 1.47. The molecule has 146 valence electrons. The summed E-state index contributed by atoms with van der Waals surface area (Å²) in [6, 6.07) is 5.64. The maximum absolute atomic E-state index is 12.6. The normalized spacial score (nSPS) is 15.0. The van der Waals surface area contributed by atoms with Crippen LogP contribution in [0.5, 0.6) is 11.5 Å². The number of imidazole rings is 1. The third-order valence-corrected chi connectivity index (χ3v) is 5.11. The molecule has 0 N–H and O–H groups in total. The van der Waals surface area contributed by atoms with Gasteiger partial charge in [0.25, 0.3) is 0 Å². The van der Waals surface area contributed by atoms with Gasteiger partial charge in [-0.25, -0.2) is 4.98 Å². The zero-order valence-electron chi connectivity index (χ0n) is 16.4. The van der Waals surface area contributed by atoms with Crippen LogP contribution in [0.4, 0.5) is 0 Å². The van der Waals surface area contributed by atoms with E-state index in [1.165, 1.54) is 0 Å². The molecular formula is C20H28N4O3. The van der Waals surface area contributed by atoms with Gasteiger partial charge in [-0.15, -0.1) is 0 Å². The summed E-state index contributed by atoms with van der Waals surface area (Å²) in [6.07, 6.45) is 4.23. The Bertz CT molecular complexity index is 766. The lowest BCUT2D eigenvalue weighted by atomic mass is 10.1. The van der Waals surface area contributed by atoms with Gasteiger partial charge in [0.15, 0.2) is 11.5 Å². The summed E-state index contributed by atoms with van der Waals surface area (Å²) in [5, 5.41) is 0. The van der Waals surface area contributed by atoms with Crippen LogP contribution < -0.4 is 9.47 Å². The third-order valence-electron chi connectivity index (χ3n) is 5.11. The predicted molar refractivity (Wildman–Crippen MR) is 103 cm³/mol. The van der Waals surface area contributed by atoms with Gasteiger partial charge in [-0.05, 0) is 24.6 Å². The minimum Gasteiger partial charge on any atom is -0.493 e. The van der Waals surface area contributed by atoms with Gasteiger partial charge in [0, 0.05) is 51.7 Å². The number of ether oxygens (including phenoxy) is 2. The molecule has 1 aliphatic rings. The van der Waals surface area contributed by atoms with Crippen molar-refractivity contribution in [2.75, 3.05) is 46.9 Å². The van der Waals surface area contributed by atoms with E-state index in [0.29, 0.717) is 17.9 Å². The van der Waals surface area contributed by atoms with Gasteiger partial charge in [-0.3, -0.25) is 9.69 Å². The molecular weight excluding hydrogens is 344 g/mol. The first-order valence-electron chi connectivity index (χ1n) is 9.29. The molecule has 7 nitrogen and oxygen atoms in total. The second-order valence-electron chi connectivity index (χ2n) is 6.76. The maximum atomic E-state index is 12.6. The number of nitrogens with zero attached hydrogens (tertiary/aromatic N) is 4. The standard InChI is InChI=1S/C20H28N4O3/c1-16-21-6-7-23(16)11-8-22-9-12-24(13-10-22)20(25)15-17-4-5-18(26-2)19(14-17)27-3/h4-7,14H,8-13,15H2,1-3H3. The van der Waals surface area contributed by atoms with Crippen molar-refractivity contribution in [1.82, 2.24) is 19.4 Å². The average molecular weight is 372 g/mol. The molecule has 2 heterocycles. The number of aromatic nitrogens is 2. The number of amides is 1.